The second-order valence-electron chi connectivity index (χ2n) is 6.34. The summed E-state index contributed by atoms with van der Waals surface area (Å²) in [4.78, 5) is 8.88. The minimum Gasteiger partial charge on any atom is -0.493 e. The Kier molecular flexibility index (Phi) is 4.71. The number of aromatic nitrogens is 2. The lowest BCUT2D eigenvalue weighted by Crippen LogP contribution is -2.18. The van der Waals surface area contributed by atoms with Gasteiger partial charge >= 0.3 is 0 Å². The molecule has 0 saturated carbocycles. The lowest BCUT2D eigenvalue weighted by Gasteiger charge is -2.20. The maximum absolute atomic E-state index is 12.6. The smallest absolute Gasteiger partial charge is 0.151 e. The van der Waals surface area contributed by atoms with Crippen molar-refractivity contribution in [2.75, 3.05) is 17.7 Å². The van der Waals surface area contributed by atoms with E-state index in [0.717, 1.165) is 24.3 Å². The zero-order chi connectivity index (χ0) is 17.2. The highest BCUT2D eigenvalue weighted by Gasteiger charge is 2.26. The Morgan fingerprint density at radius 3 is 3.00 bits per heavy atom. The molecule has 1 atom stereocenters. The normalized spacial score (nSPS) is 19.8. The molecule has 128 valence electrons. The molecule has 1 unspecified atom stereocenters. The second-order valence-corrected chi connectivity index (χ2v) is 8.51. The molecule has 2 N–H and O–H groups in total. The molecule has 0 aliphatic carbocycles. The highest BCUT2D eigenvalue weighted by atomic mass is 32.2. The number of fused-ring (bicyclic) bond motifs is 1. The molecule has 2 heterocycles. The molecule has 6 nitrogen and oxygen atoms in total. The first kappa shape index (κ1) is 16.7. The molecule has 1 aromatic heterocycles. The molecule has 0 saturated heterocycles. The van der Waals surface area contributed by atoms with E-state index >= 15 is 0 Å². The van der Waals surface area contributed by atoms with E-state index in [1.165, 1.54) is 6.33 Å². The van der Waals surface area contributed by atoms with Crippen molar-refractivity contribution in [3.05, 3.63) is 36.3 Å². The summed E-state index contributed by atoms with van der Waals surface area (Å²) < 4.78 is 26.5. The van der Waals surface area contributed by atoms with Crippen molar-refractivity contribution in [2.24, 2.45) is 5.92 Å². The Labute approximate surface area is 142 Å². The van der Waals surface area contributed by atoms with E-state index in [4.69, 9.17) is 9.52 Å². The summed E-state index contributed by atoms with van der Waals surface area (Å²) in [6.07, 6.45) is 2.92. The number of benzene rings is 1. The SMILES string of the molecule is CC(C)COc1cccc(Nc2ncnc3c2S(=N)(=O)CCC3)c1. The predicted molar refractivity (Wildman–Crippen MR) is 94.4 cm³/mol. The Hall–Kier alpha value is -2.15. The zero-order valence-corrected chi connectivity index (χ0v) is 14.7. The van der Waals surface area contributed by atoms with Crippen LogP contribution in [0.2, 0.25) is 0 Å². The summed E-state index contributed by atoms with van der Waals surface area (Å²) in [6.45, 7) is 4.84. The fraction of sp³-hybridized carbons (Fsp3) is 0.412. The van der Waals surface area contributed by atoms with Crippen molar-refractivity contribution in [1.82, 2.24) is 9.97 Å². The minimum absolute atomic E-state index is 0.361. The third-order valence-electron chi connectivity index (χ3n) is 3.73. The van der Waals surface area contributed by atoms with E-state index in [9.17, 15) is 4.21 Å². The van der Waals surface area contributed by atoms with Crippen LogP contribution in [0.5, 0.6) is 5.75 Å². The molecule has 0 bridgehead atoms. The van der Waals surface area contributed by atoms with E-state index in [1.54, 1.807) is 0 Å². The highest BCUT2D eigenvalue weighted by molar-refractivity contribution is 7.92. The van der Waals surface area contributed by atoms with Gasteiger partial charge in [-0.15, -0.1) is 0 Å². The topological polar surface area (TPSA) is 88.0 Å². The quantitative estimate of drug-likeness (QED) is 0.863. The number of rotatable bonds is 5. The van der Waals surface area contributed by atoms with E-state index in [2.05, 4.69) is 29.1 Å². The predicted octanol–water partition coefficient (Wildman–Crippen LogP) is 3.61. The minimum atomic E-state index is -2.84. The lowest BCUT2D eigenvalue weighted by molar-refractivity contribution is 0.271. The molecular formula is C17H22N4O2S. The summed E-state index contributed by atoms with van der Waals surface area (Å²) >= 11 is 0. The number of hydrogen-bond donors (Lipinski definition) is 2. The summed E-state index contributed by atoms with van der Waals surface area (Å²) in [5, 5.41) is 3.19. The first-order valence-electron chi connectivity index (χ1n) is 8.06. The maximum Gasteiger partial charge on any atom is 0.151 e. The molecule has 0 amide bonds. The van der Waals surface area contributed by atoms with E-state index in [1.807, 2.05) is 24.3 Å². The van der Waals surface area contributed by atoms with Gasteiger partial charge in [0.25, 0.3) is 0 Å². The van der Waals surface area contributed by atoms with Crippen LogP contribution in [-0.4, -0.2) is 26.5 Å². The average molecular weight is 346 g/mol. The molecule has 0 fully saturated rings. The van der Waals surface area contributed by atoms with E-state index in [-0.39, 0.29) is 0 Å². The lowest BCUT2D eigenvalue weighted by atomic mass is 10.2. The van der Waals surface area contributed by atoms with Crippen LogP contribution in [0.3, 0.4) is 0 Å². The number of nitrogens with one attached hydrogen (secondary N) is 2. The van der Waals surface area contributed by atoms with Gasteiger partial charge in [-0.3, -0.25) is 0 Å². The van der Waals surface area contributed by atoms with Gasteiger partial charge in [0, 0.05) is 17.5 Å². The number of nitrogens with zero attached hydrogens (tertiary/aromatic N) is 2. The van der Waals surface area contributed by atoms with Crippen molar-refractivity contribution in [1.29, 1.82) is 4.78 Å². The number of aryl methyl sites for hydroxylation is 1. The Morgan fingerprint density at radius 2 is 2.21 bits per heavy atom. The van der Waals surface area contributed by atoms with Crippen molar-refractivity contribution >= 4 is 21.2 Å². The summed E-state index contributed by atoms with van der Waals surface area (Å²) in [6, 6.07) is 7.57. The first-order valence-corrected chi connectivity index (χ1v) is 9.79. The Bertz CT molecular complexity index is 834. The molecule has 7 heteroatoms. The van der Waals surface area contributed by atoms with Crippen LogP contribution in [0.15, 0.2) is 35.5 Å². The van der Waals surface area contributed by atoms with Crippen molar-refractivity contribution in [3.8, 4) is 5.75 Å². The molecule has 1 aliphatic heterocycles. The van der Waals surface area contributed by atoms with E-state index in [0.29, 0.717) is 34.7 Å². The van der Waals surface area contributed by atoms with Crippen LogP contribution in [0.4, 0.5) is 11.5 Å². The number of anilines is 2. The van der Waals surface area contributed by atoms with Crippen molar-refractivity contribution < 1.29 is 8.95 Å². The summed E-state index contributed by atoms with van der Waals surface area (Å²) in [5.41, 5.74) is 1.50. The van der Waals surface area contributed by atoms with Crippen LogP contribution in [0.25, 0.3) is 0 Å². The fourth-order valence-electron chi connectivity index (χ4n) is 2.63. The van der Waals surface area contributed by atoms with Crippen LogP contribution < -0.4 is 10.1 Å². The Balaban J connectivity index is 1.89. The summed E-state index contributed by atoms with van der Waals surface area (Å²) in [7, 11) is -2.84. The molecule has 1 aromatic carbocycles. The Morgan fingerprint density at radius 1 is 1.38 bits per heavy atom. The van der Waals surface area contributed by atoms with Crippen LogP contribution in [0.1, 0.15) is 26.0 Å². The number of hydrogen-bond acceptors (Lipinski definition) is 6. The van der Waals surface area contributed by atoms with E-state index < -0.39 is 9.73 Å². The van der Waals surface area contributed by atoms with Gasteiger partial charge in [-0.2, -0.15) is 0 Å². The van der Waals surface area contributed by atoms with Gasteiger partial charge in [0.2, 0.25) is 0 Å². The van der Waals surface area contributed by atoms with Crippen molar-refractivity contribution in [2.45, 2.75) is 31.6 Å². The van der Waals surface area contributed by atoms with Gasteiger partial charge < -0.3 is 10.1 Å². The molecule has 2 aromatic rings. The molecule has 3 rings (SSSR count). The molecule has 0 spiro atoms. The van der Waals surface area contributed by atoms with Gasteiger partial charge in [-0.1, -0.05) is 19.9 Å². The largest absolute Gasteiger partial charge is 0.493 e. The van der Waals surface area contributed by atoms with Gasteiger partial charge in [0.1, 0.15) is 17.0 Å². The molecule has 24 heavy (non-hydrogen) atoms. The third kappa shape index (κ3) is 3.67. The maximum atomic E-state index is 12.6. The zero-order valence-electron chi connectivity index (χ0n) is 13.9. The van der Waals surface area contributed by atoms with Crippen LogP contribution in [0, 0.1) is 10.7 Å². The molecule has 1 aliphatic rings. The average Bonchev–Trinajstić information content (AvgIpc) is 2.53. The fourth-order valence-corrected chi connectivity index (χ4v) is 4.34. The molecule has 0 radical (unpaired) electrons. The van der Waals surface area contributed by atoms with Gasteiger partial charge in [-0.05, 0) is 30.9 Å². The molecular weight excluding hydrogens is 324 g/mol. The van der Waals surface area contributed by atoms with Gasteiger partial charge in [0.05, 0.1) is 22.0 Å². The van der Waals surface area contributed by atoms with Crippen LogP contribution >= 0.6 is 0 Å². The third-order valence-corrected chi connectivity index (χ3v) is 5.68. The summed E-state index contributed by atoms with van der Waals surface area (Å²) in [5.74, 6) is 2.03. The number of ether oxygens (including phenoxy) is 1. The second kappa shape index (κ2) is 6.76. The van der Waals surface area contributed by atoms with Crippen LogP contribution in [-0.2, 0) is 16.1 Å². The van der Waals surface area contributed by atoms with Crippen molar-refractivity contribution in [3.63, 3.8) is 0 Å². The van der Waals surface area contributed by atoms with Gasteiger partial charge in [-0.25, -0.2) is 19.0 Å². The van der Waals surface area contributed by atoms with Gasteiger partial charge in [0.15, 0.2) is 5.82 Å². The first-order chi connectivity index (χ1) is 11.5. The highest BCUT2D eigenvalue weighted by Crippen LogP contribution is 2.31. The monoisotopic (exact) mass is 346 g/mol. The standard InChI is InChI=1S/C17H22N4O2S/c1-12(2)10-23-14-6-3-5-13(9-14)21-17-16-15(19-11-20-17)7-4-8-24(16,18)22/h3,5-6,9,11-12,18H,4,7-8,10H2,1-2H3,(H,19,20,21).